The van der Waals surface area contributed by atoms with Crippen molar-refractivity contribution in [3.63, 3.8) is 0 Å². The second kappa shape index (κ2) is 9.53. The Balaban J connectivity index is 2.02. The van der Waals surface area contributed by atoms with Gasteiger partial charge in [-0.2, -0.15) is 5.26 Å². The Morgan fingerprint density at radius 3 is 2.67 bits per heavy atom. The number of methoxy groups -OCH3 is 1. The fourth-order valence-electron chi connectivity index (χ4n) is 4.37. The lowest BCUT2D eigenvalue weighted by Gasteiger charge is -2.29. The molecule has 176 valence electrons. The van der Waals surface area contributed by atoms with E-state index in [2.05, 4.69) is 16.7 Å². The molecule has 0 radical (unpaired) electrons. The molecule has 4 N–H and O–H groups in total. The van der Waals surface area contributed by atoms with Crippen LogP contribution in [0.15, 0.2) is 24.3 Å². The monoisotopic (exact) mass is 453 g/mol. The number of nitrogens with one attached hydrogen (secondary N) is 2. The number of primary amides is 1. The number of fused-ring (bicyclic) bond motifs is 1. The van der Waals surface area contributed by atoms with Crippen LogP contribution in [0.5, 0.6) is 5.75 Å². The van der Waals surface area contributed by atoms with E-state index in [1.54, 1.807) is 28.8 Å². The molecule has 2 heterocycles. The summed E-state index contributed by atoms with van der Waals surface area (Å²) in [5.41, 5.74) is 6.23. The number of hydrogen-bond donors (Lipinski definition) is 3. The largest absolute Gasteiger partial charge is 0.496 e. The molecule has 3 amide bonds. The maximum Gasteiger partial charge on any atom is 0.265 e. The lowest BCUT2D eigenvalue weighted by Crippen LogP contribution is -2.42. The number of benzene rings is 1. The molecule has 33 heavy (non-hydrogen) atoms. The van der Waals surface area contributed by atoms with Crippen molar-refractivity contribution >= 4 is 28.6 Å². The SMILES string of the molecule is COc1cccc2c1cc(C(N)=O)n2[C@@H](CC(C)(C)C)C(=O)N[C@H](C#N)C[C@@H]1CCNC1=O. The van der Waals surface area contributed by atoms with Gasteiger partial charge in [0.25, 0.3) is 5.91 Å². The molecule has 0 aliphatic carbocycles. The summed E-state index contributed by atoms with van der Waals surface area (Å²) in [5.74, 6) is -0.924. The molecule has 0 bridgehead atoms. The number of hydrogen-bond acceptors (Lipinski definition) is 5. The first-order valence-corrected chi connectivity index (χ1v) is 11.0. The van der Waals surface area contributed by atoms with Crippen LogP contribution in [0.1, 0.15) is 56.6 Å². The fraction of sp³-hybridized carbons (Fsp3) is 0.500. The summed E-state index contributed by atoms with van der Waals surface area (Å²) in [6.45, 7) is 6.55. The van der Waals surface area contributed by atoms with Crippen LogP contribution in [0.25, 0.3) is 10.9 Å². The number of nitrogens with zero attached hydrogens (tertiary/aromatic N) is 2. The first-order valence-electron chi connectivity index (χ1n) is 11.0. The topological polar surface area (TPSA) is 139 Å². The van der Waals surface area contributed by atoms with Gasteiger partial charge in [-0.05, 0) is 42.9 Å². The van der Waals surface area contributed by atoms with Crippen LogP contribution in [0.2, 0.25) is 0 Å². The van der Waals surface area contributed by atoms with E-state index in [1.165, 1.54) is 7.11 Å². The number of nitriles is 1. The minimum absolute atomic E-state index is 0.102. The highest BCUT2D eigenvalue weighted by atomic mass is 16.5. The third-order valence-electron chi connectivity index (χ3n) is 5.89. The summed E-state index contributed by atoms with van der Waals surface area (Å²) in [6, 6.07) is 7.46. The smallest absolute Gasteiger partial charge is 0.265 e. The van der Waals surface area contributed by atoms with Gasteiger partial charge in [-0.3, -0.25) is 14.4 Å². The number of nitrogens with two attached hydrogens (primary N) is 1. The van der Waals surface area contributed by atoms with Gasteiger partial charge in [0.15, 0.2) is 0 Å². The normalized spacial score (nSPS) is 17.8. The van der Waals surface area contributed by atoms with Gasteiger partial charge in [0.2, 0.25) is 11.8 Å². The minimum Gasteiger partial charge on any atom is -0.496 e. The third-order valence-corrected chi connectivity index (χ3v) is 5.89. The summed E-state index contributed by atoms with van der Waals surface area (Å²) >= 11 is 0. The Hall–Kier alpha value is -3.54. The maximum absolute atomic E-state index is 13.5. The molecule has 3 rings (SSSR count). The highest BCUT2D eigenvalue weighted by molar-refractivity contribution is 6.01. The van der Waals surface area contributed by atoms with Crippen molar-refractivity contribution in [2.45, 2.75) is 52.1 Å². The van der Waals surface area contributed by atoms with Crippen LogP contribution >= 0.6 is 0 Å². The predicted molar refractivity (Wildman–Crippen MR) is 123 cm³/mol. The van der Waals surface area contributed by atoms with E-state index in [0.29, 0.717) is 36.0 Å². The Morgan fingerprint density at radius 2 is 2.12 bits per heavy atom. The third kappa shape index (κ3) is 5.28. The Bertz CT molecular complexity index is 1110. The zero-order valence-corrected chi connectivity index (χ0v) is 19.5. The van der Waals surface area contributed by atoms with E-state index in [-0.39, 0.29) is 29.4 Å². The molecule has 1 aromatic carbocycles. The Morgan fingerprint density at radius 1 is 1.39 bits per heavy atom. The number of carbonyl (C=O) groups excluding carboxylic acids is 3. The van der Waals surface area contributed by atoms with Gasteiger partial charge in [0, 0.05) is 17.8 Å². The molecule has 2 aromatic rings. The van der Waals surface area contributed by atoms with Crippen molar-refractivity contribution in [3.05, 3.63) is 30.0 Å². The van der Waals surface area contributed by atoms with Gasteiger partial charge in [0.05, 0.1) is 18.7 Å². The zero-order valence-electron chi connectivity index (χ0n) is 19.5. The summed E-state index contributed by atoms with van der Waals surface area (Å²) in [4.78, 5) is 37.9. The Kier molecular flexibility index (Phi) is 6.96. The Labute approximate surface area is 193 Å². The number of ether oxygens (including phenoxy) is 1. The molecule has 9 nitrogen and oxygen atoms in total. The molecule has 1 saturated heterocycles. The van der Waals surface area contributed by atoms with Gasteiger partial charge in [-0.15, -0.1) is 0 Å². The second-order valence-corrected chi connectivity index (χ2v) is 9.64. The van der Waals surface area contributed by atoms with Gasteiger partial charge in [-0.25, -0.2) is 0 Å². The van der Waals surface area contributed by atoms with Gasteiger partial charge in [0.1, 0.15) is 23.5 Å². The van der Waals surface area contributed by atoms with Crippen LogP contribution in [-0.2, 0) is 9.59 Å². The molecule has 0 saturated carbocycles. The van der Waals surface area contributed by atoms with E-state index in [1.807, 2.05) is 20.8 Å². The minimum atomic E-state index is -0.831. The molecular weight excluding hydrogens is 422 g/mol. The lowest BCUT2D eigenvalue weighted by atomic mass is 9.87. The van der Waals surface area contributed by atoms with E-state index in [9.17, 15) is 19.6 Å². The molecule has 9 heteroatoms. The zero-order chi connectivity index (χ0) is 24.3. The van der Waals surface area contributed by atoms with E-state index in [0.717, 1.165) is 0 Å². The van der Waals surface area contributed by atoms with Gasteiger partial charge in [-0.1, -0.05) is 26.8 Å². The summed E-state index contributed by atoms with van der Waals surface area (Å²) in [7, 11) is 1.53. The standard InChI is InChI=1S/C24H31N5O4/c1-24(2,3)12-19(23(32)28-15(13-25)10-14-8-9-27-22(14)31)29-17-6-5-7-20(33-4)16(17)11-18(29)21(26)30/h5-7,11,14-15,19H,8-10,12H2,1-4H3,(H2,26,30)(H,27,31)(H,28,32)/t14-,15-,19-/m0/s1. The number of amides is 3. The summed E-state index contributed by atoms with van der Waals surface area (Å²) < 4.78 is 7.07. The van der Waals surface area contributed by atoms with Crippen LogP contribution in [0, 0.1) is 22.7 Å². The first-order chi connectivity index (χ1) is 15.6. The van der Waals surface area contributed by atoms with E-state index >= 15 is 0 Å². The van der Waals surface area contributed by atoms with Crippen molar-refractivity contribution in [2.24, 2.45) is 17.1 Å². The van der Waals surface area contributed by atoms with Crippen molar-refractivity contribution in [1.82, 2.24) is 15.2 Å². The highest BCUT2D eigenvalue weighted by Crippen LogP contribution is 2.36. The van der Waals surface area contributed by atoms with Crippen molar-refractivity contribution in [2.75, 3.05) is 13.7 Å². The average Bonchev–Trinajstić information content (AvgIpc) is 3.34. The van der Waals surface area contributed by atoms with Crippen LogP contribution in [0.3, 0.4) is 0 Å². The van der Waals surface area contributed by atoms with Gasteiger partial charge >= 0.3 is 0 Å². The lowest BCUT2D eigenvalue weighted by molar-refractivity contribution is -0.126. The van der Waals surface area contributed by atoms with Crippen molar-refractivity contribution < 1.29 is 19.1 Å². The van der Waals surface area contributed by atoms with Crippen molar-refractivity contribution in [1.29, 1.82) is 5.26 Å². The number of rotatable bonds is 8. The summed E-state index contributed by atoms with van der Waals surface area (Å²) in [5, 5.41) is 15.9. The van der Waals surface area contributed by atoms with Crippen LogP contribution in [0.4, 0.5) is 0 Å². The number of carbonyl (C=O) groups is 3. The van der Waals surface area contributed by atoms with Crippen LogP contribution in [-0.4, -0.2) is 42.0 Å². The second-order valence-electron chi connectivity index (χ2n) is 9.64. The highest BCUT2D eigenvalue weighted by Gasteiger charge is 2.34. The quantitative estimate of drug-likeness (QED) is 0.563. The average molecular weight is 454 g/mol. The summed E-state index contributed by atoms with van der Waals surface area (Å²) in [6.07, 6.45) is 1.26. The molecule has 0 unspecified atom stereocenters. The number of aromatic nitrogens is 1. The molecular formula is C24H31N5O4. The molecule has 1 aromatic heterocycles. The van der Waals surface area contributed by atoms with E-state index in [4.69, 9.17) is 10.5 Å². The van der Waals surface area contributed by atoms with Crippen LogP contribution < -0.4 is 21.1 Å². The maximum atomic E-state index is 13.5. The molecule has 1 fully saturated rings. The molecule has 3 atom stereocenters. The van der Waals surface area contributed by atoms with Gasteiger partial charge < -0.3 is 25.7 Å². The predicted octanol–water partition coefficient (Wildman–Crippen LogP) is 2.26. The fourth-order valence-corrected chi connectivity index (χ4v) is 4.37. The molecule has 0 spiro atoms. The first kappa shape index (κ1) is 24.1. The van der Waals surface area contributed by atoms with Crippen molar-refractivity contribution in [3.8, 4) is 11.8 Å². The molecule has 1 aliphatic heterocycles. The molecule has 1 aliphatic rings. The van der Waals surface area contributed by atoms with E-state index < -0.39 is 23.9 Å².